The first-order valence-corrected chi connectivity index (χ1v) is 6.00. The van der Waals surface area contributed by atoms with Crippen molar-refractivity contribution in [2.75, 3.05) is 0 Å². The summed E-state index contributed by atoms with van der Waals surface area (Å²) in [6.45, 7) is 0. The van der Waals surface area contributed by atoms with Gasteiger partial charge < -0.3 is 10.0 Å². The summed E-state index contributed by atoms with van der Waals surface area (Å²) in [5.74, 6) is -6.78. The number of alkyl halides is 5. The first-order chi connectivity index (χ1) is 8.99. The van der Waals surface area contributed by atoms with Gasteiger partial charge >= 0.3 is 18.1 Å². The third kappa shape index (κ3) is 2.33. The van der Waals surface area contributed by atoms with Gasteiger partial charge in [0.2, 0.25) is 5.92 Å². The van der Waals surface area contributed by atoms with Gasteiger partial charge in [0.25, 0.3) is 0 Å². The molecule has 0 aromatic carbocycles. The topological polar surface area (TPSA) is 57.6 Å². The van der Waals surface area contributed by atoms with E-state index in [4.69, 9.17) is 5.11 Å². The molecule has 0 aromatic rings. The fourth-order valence-corrected chi connectivity index (χ4v) is 2.99. The van der Waals surface area contributed by atoms with Gasteiger partial charge in [-0.1, -0.05) is 0 Å². The minimum absolute atomic E-state index is 0.208. The van der Waals surface area contributed by atoms with Crippen molar-refractivity contribution in [2.24, 2.45) is 0 Å². The molecular formula is C11H12F5NO3. The molecule has 1 aliphatic carbocycles. The first kappa shape index (κ1) is 15.0. The molecule has 9 heteroatoms. The fourth-order valence-electron chi connectivity index (χ4n) is 2.99. The zero-order valence-corrected chi connectivity index (χ0v) is 10.2. The van der Waals surface area contributed by atoms with Crippen LogP contribution in [0, 0.1) is 0 Å². The third-order valence-corrected chi connectivity index (χ3v) is 4.05. The Hall–Kier alpha value is -1.41. The van der Waals surface area contributed by atoms with E-state index in [9.17, 15) is 31.5 Å². The van der Waals surface area contributed by atoms with E-state index in [0.717, 1.165) is 0 Å². The Bertz CT molecular complexity index is 438. The van der Waals surface area contributed by atoms with Gasteiger partial charge in [-0.2, -0.15) is 13.2 Å². The number of hydrogen-bond donors (Lipinski definition) is 1. The largest absolute Gasteiger partial charge is 0.480 e. The SMILES string of the molecule is O=C(O)C1CC2(CCC(F)(F)CC2)N1C(=O)C(F)(F)F. The predicted octanol–water partition coefficient (Wildman–Crippen LogP) is 2.18. The Labute approximate surface area is 110 Å². The van der Waals surface area contributed by atoms with Gasteiger partial charge in [-0.05, 0) is 12.8 Å². The summed E-state index contributed by atoms with van der Waals surface area (Å²) < 4.78 is 63.7. The number of aliphatic carboxylic acids is 1. The van der Waals surface area contributed by atoms with E-state index in [2.05, 4.69) is 0 Å². The number of carbonyl (C=O) groups is 2. The number of carbonyl (C=O) groups excluding carboxylic acids is 1. The molecule has 20 heavy (non-hydrogen) atoms. The third-order valence-electron chi connectivity index (χ3n) is 4.05. The molecule has 1 saturated heterocycles. The summed E-state index contributed by atoms with van der Waals surface area (Å²) >= 11 is 0. The van der Waals surface area contributed by atoms with Crippen LogP contribution in [0.2, 0.25) is 0 Å². The van der Waals surface area contributed by atoms with Crippen molar-refractivity contribution in [3.05, 3.63) is 0 Å². The van der Waals surface area contributed by atoms with Gasteiger partial charge in [0.1, 0.15) is 6.04 Å². The molecule has 1 unspecified atom stereocenters. The van der Waals surface area contributed by atoms with Crippen LogP contribution in [-0.4, -0.2) is 45.6 Å². The van der Waals surface area contributed by atoms with Crippen LogP contribution < -0.4 is 0 Å². The van der Waals surface area contributed by atoms with Crippen LogP contribution >= 0.6 is 0 Å². The maximum absolute atomic E-state index is 13.1. The van der Waals surface area contributed by atoms with Gasteiger partial charge in [0, 0.05) is 24.8 Å². The normalized spacial score (nSPS) is 28.1. The summed E-state index contributed by atoms with van der Waals surface area (Å²) in [4.78, 5) is 22.5. The van der Waals surface area contributed by atoms with Gasteiger partial charge in [-0.25, -0.2) is 13.6 Å². The molecule has 1 saturated carbocycles. The van der Waals surface area contributed by atoms with E-state index < -0.39 is 48.4 Å². The van der Waals surface area contributed by atoms with E-state index in [1.165, 1.54) is 0 Å². The smallest absolute Gasteiger partial charge is 0.471 e. The molecule has 0 radical (unpaired) electrons. The summed E-state index contributed by atoms with van der Waals surface area (Å²) in [7, 11) is 0. The second-order valence-electron chi connectivity index (χ2n) is 5.31. The molecule has 1 heterocycles. The van der Waals surface area contributed by atoms with Crippen molar-refractivity contribution in [3.63, 3.8) is 0 Å². The van der Waals surface area contributed by atoms with Crippen molar-refractivity contribution >= 4 is 11.9 Å². The lowest BCUT2D eigenvalue weighted by Crippen LogP contribution is -2.73. The number of carboxylic acid groups (broad SMARTS) is 1. The molecule has 1 atom stereocenters. The minimum Gasteiger partial charge on any atom is -0.480 e. The number of carboxylic acids is 1. The molecular weight excluding hydrogens is 289 g/mol. The van der Waals surface area contributed by atoms with Gasteiger partial charge in [0.15, 0.2) is 0 Å². The highest BCUT2D eigenvalue weighted by Gasteiger charge is 2.63. The maximum Gasteiger partial charge on any atom is 0.471 e. The fraction of sp³-hybridized carbons (Fsp3) is 0.818. The molecule has 1 amide bonds. The lowest BCUT2D eigenvalue weighted by atomic mass is 9.67. The highest BCUT2D eigenvalue weighted by molar-refractivity contribution is 5.89. The number of halogens is 5. The quantitative estimate of drug-likeness (QED) is 0.755. The van der Waals surface area contributed by atoms with E-state index in [1.54, 1.807) is 0 Å². The standard InChI is InChI=1S/C11H12F5NO3/c12-10(13)3-1-9(2-4-10)5-6(7(18)19)17(9)8(20)11(14,15)16/h6H,1-5H2,(H,18,19). The Morgan fingerprint density at radius 1 is 1.10 bits per heavy atom. The van der Waals surface area contributed by atoms with Gasteiger partial charge in [-0.15, -0.1) is 0 Å². The van der Waals surface area contributed by atoms with E-state index in [1.807, 2.05) is 0 Å². The molecule has 0 aromatic heterocycles. The molecule has 1 spiro atoms. The molecule has 114 valence electrons. The van der Waals surface area contributed by atoms with Crippen LogP contribution in [0.4, 0.5) is 22.0 Å². The average Bonchev–Trinajstić information content (AvgIpc) is 2.25. The van der Waals surface area contributed by atoms with Crippen LogP contribution in [-0.2, 0) is 9.59 Å². The Kier molecular flexibility index (Phi) is 3.22. The van der Waals surface area contributed by atoms with Crippen LogP contribution in [0.15, 0.2) is 0 Å². The summed E-state index contributed by atoms with van der Waals surface area (Å²) in [6, 6.07) is -1.59. The van der Waals surface area contributed by atoms with Crippen LogP contribution in [0.3, 0.4) is 0 Å². The number of rotatable bonds is 1. The molecule has 0 bridgehead atoms. The highest BCUT2D eigenvalue weighted by Crippen LogP contribution is 2.51. The Balaban J connectivity index is 2.23. The highest BCUT2D eigenvalue weighted by atomic mass is 19.4. The number of nitrogens with zero attached hydrogens (tertiary/aromatic N) is 1. The molecule has 1 aliphatic heterocycles. The van der Waals surface area contributed by atoms with Gasteiger partial charge in [-0.3, -0.25) is 4.79 Å². The second-order valence-corrected chi connectivity index (χ2v) is 5.31. The molecule has 2 aliphatic rings. The first-order valence-electron chi connectivity index (χ1n) is 6.00. The lowest BCUT2D eigenvalue weighted by Gasteiger charge is -2.59. The van der Waals surface area contributed by atoms with Crippen LogP contribution in [0.5, 0.6) is 0 Å². The maximum atomic E-state index is 13.1. The summed E-state index contributed by atoms with van der Waals surface area (Å²) in [5.41, 5.74) is -1.39. The summed E-state index contributed by atoms with van der Waals surface area (Å²) in [5, 5.41) is 8.83. The Morgan fingerprint density at radius 3 is 2.00 bits per heavy atom. The minimum atomic E-state index is -5.21. The number of hydrogen-bond acceptors (Lipinski definition) is 2. The number of amides is 1. The number of likely N-dealkylation sites (tertiary alicyclic amines) is 1. The molecule has 4 nitrogen and oxygen atoms in total. The molecule has 1 N–H and O–H groups in total. The van der Waals surface area contributed by atoms with Crippen molar-refractivity contribution < 1.29 is 36.6 Å². The van der Waals surface area contributed by atoms with E-state index in [-0.39, 0.29) is 24.2 Å². The molecule has 2 rings (SSSR count). The second kappa shape index (κ2) is 4.29. The van der Waals surface area contributed by atoms with Crippen molar-refractivity contribution in [2.45, 2.75) is 55.8 Å². The van der Waals surface area contributed by atoms with Gasteiger partial charge in [0.05, 0.1) is 0 Å². The summed E-state index contributed by atoms with van der Waals surface area (Å²) in [6.07, 6.45) is -7.32. The lowest BCUT2D eigenvalue weighted by molar-refractivity contribution is -0.220. The van der Waals surface area contributed by atoms with Crippen molar-refractivity contribution in [1.29, 1.82) is 0 Å². The monoisotopic (exact) mass is 301 g/mol. The van der Waals surface area contributed by atoms with Crippen molar-refractivity contribution in [1.82, 2.24) is 4.90 Å². The zero-order valence-electron chi connectivity index (χ0n) is 10.2. The predicted molar refractivity (Wildman–Crippen MR) is 55.1 cm³/mol. The zero-order chi connectivity index (χ0) is 15.3. The van der Waals surface area contributed by atoms with Crippen LogP contribution in [0.25, 0.3) is 0 Å². The van der Waals surface area contributed by atoms with Crippen LogP contribution in [0.1, 0.15) is 32.1 Å². The van der Waals surface area contributed by atoms with Crippen molar-refractivity contribution in [3.8, 4) is 0 Å². The molecule has 2 fully saturated rings. The van der Waals surface area contributed by atoms with E-state index in [0.29, 0.717) is 0 Å². The Morgan fingerprint density at radius 2 is 1.60 bits per heavy atom. The average molecular weight is 301 g/mol. The van der Waals surface area contributed by atoms with E-state index >= 15 is 0 Å².